The summed E-state index contributed by atoms with van der Waals surface area (Å²) in [6, 6.07) is 4.36. The van der Waals surface area contributed by atoms with Crippen molar-refractivity contribution in [3.63, 3.8) is 0 Å². The monoisotopic (exact) mass is 276 g/mol. The number of carbonyl (C=O) groups is 3. The number of rotatable bonds is 4. The van der Waals surface area contributed by atoms with Crippen LogP contribution in [0.3, 0.4) is 0 Å². The number of hydrogen-bond acceptors (Lipinski definition) is 4. The van der Waals surface area contributed by atoms with Gasteiger partial charge in [0.25, 0.3) is 17.7 Å². The van der Waals surface area contributed by atoms with E-state index in [9.17, 15) is 14.4 Å². The minimum atomic E-state index is -0.385. The average Bonchev–Trinajstić information content (AvgIpc) is 2.64. The molecule has 20 heavy (non-hydrogen) atoms. The average molecular weight is 276 g/mol. The molecule has 0 aliphatic carbocycles. The van der Waals surface area contributed by atoms with Gasteiger partial charge >= 0.3 is 0 Å². The van der Waals surface area contributed by atoms with Crippen molar-refractivity contribution in [2.45, 2.75) is 13.0 Å². The number of fused-ring (bicyclic) bond motifs is 1. The first-order valence-corrected chi connectivity index (χ1v) is 6.22. The fourth-order valence-corrected chi connectivity index (χ4v) is 2.10. The number of nitrogens with zero attached hydrogens (tertiary/aromatic N) is 1. The van der Waals surface area contributed by atoms with E-state index in [2.05, 4.69) is 5.32 Å². The predicted molar refractivity (Wildman–Crippen MR) is 71.7 cm³/mol. The topological polar surface area (TPSA) is 75.7 Å². The minimum absolute atomic E-state index is 0.138. The molecule has 0 bridgehead atoms. The van der Waals surface area contributed by atoms with E-state index < -0.39 is 0 Å². The van der Waals surface area contributed by atoms with Crippen LogP contribution in [0.1, 0.15) is 38.0 Å². The van der Waals surface area contributed by atoms with Crippen LogP contribution in [0.2, 0.25) is 0 Å². The molecule has 6 nitrogen and oxygen atoms in total. The fourth-order valence-electron chi connectivity index (χ4n) is 2.10. The number of amides is 3. The minimum Gasteiger partial charge on any atom is -0.383 e. The van der Waals surface area contributed by atoms with Crippen molar-refractivity contribution in [3.8, 4) is 0 Å². The van der Waals surface area contributed by atoms with E-state index in [1.54, 1.807) is 7.11 Å². The highest BCUT2D eigenvalue weighted by atomic mass is 16.5. The van der Waals surface area contributed by atoms with Gasteiger partial charge in [-0.2, -0.15) is 0 Å². The van der Waals surface area contributed by atoms with Crippen LogP contribution in [0.5, 0.6) is 0 Å². The van der Waals surface area contributed by atoms with Gasteiger partial charge in [-0.25, -0.2) is 0 Å². The van der Waals surface area contributed by atoms with Crippen LogP contribution in [0.15, 0.2) is 18.2 Å². The van der Waals surface area contributed by atoms with Gasteiger partial charge in [0.05, 0.1) is 17.7 Å². The molecule has 0 spiro atoms. The smallest absolute Gasteiger partial charge is 0.261 e. The number of benzene rings is 1. The molecule has 106 valence electrons. The molecule has 0 radical (unpaired) electrons. The molecule has 0 saturated heterocycles. The van der Waals surface area contributed by atoms with Crippen molar-refractivity contribution in [3.05, 3.63) is 34.9 Å². The van der Waals surface area contributed by atoms with Crippen LogP contribution in [-0.4, -0.2) is 49.4 Å². The molecule has 0 aromatic heterocycles. The Balaban J connectivity index is 2.23. The zero-order valence-electron chi connectivity index (χ0n) is 11.6. The lowest BCUT2D eigenvalue weighted by molar-refractivity contribution is 0.0693. The third-order valence-electron chi connectivity index (χ3n) is 3.15. The standard InChI is InChI=1S/C14H16N2O4/c1-8(7-20-3)15-12(17)9-4-5-10-11(6-9)14(19)16(2)13(10)18/h4-6,8H,7H2,1-3H3,(H,15,17)/t8-/m0/s1. The molecule has 1 N–H and O–H groups in total. The Morgan fingerprint density at radius 3 is 2.60 bits per heavy atom. The second-order valence-corrected chi connectivity index (χ2v) is 4.76. The largest absolute Gasteiger partial charge is 0.383 e. The third kappa shape index (κ3) is 2.42. The molecule has 0 fully saturated rings. The first-order chi connectivity index (χ1) is 9.45. The number of imide groups is 1. The predicted octanol–water partition coefficient (Wildman–Crippen LogP) is 0.677. The van der Waals surface area contributed by atoms with Crippen molar-refractivity contribution in [2.75, 3.05) is 20.8 Å². The lowest BCUT2D eigenvalue weighted by Gasteiger charge is -2.12. The first-order valence-electron chi connectivity index (χ1n) is 6.22. The molecule has 1 aliphatic heterocycles. The van der Waals surface area contributed by atoms with Crippen molar-refractivity contribution in [2.24, 2.45) is 0 Å². The van der Waals surface area contributed by atoms with Crippen LogP contribution in [0, 0.1) is 0 Å². The van der Waals surface area contributed by atoms with Crippen molar-refractivity contribution in [1.29, 1.82) is 0 Å². The highest BCUT2D eigenvalue weighted by molar-refractivity contribution is 6.21. The Morgan fingerprint density at radius 2 is 1.95 bits per heavy atom. The van der Waals surface area contributed by atoms with Gasteiger partial charge in [-0.1, -0.05) is 0 Å². The van der Waals surface area contributed by atoms with Crippen LogP contribution in [0.4, 0.5) is 0 Å². The van der Waals surface area contributed by atoms with Crippen LogP contribution >= 0.6 is 0 Å². The Morgan fingerprint density at radius 1 is 1.30 bits per heavy atom. The number of ether oxygens (including phenoxy) is 1. The van der Waals surface area contributed by atoms with Crippen LogP contribution in [-0.2, 0) is 4.74 Å². The summed E-state index contributed by atoms with van der Waals surface area (Å²) in [5, 5.41) is 2.75. The molecular formula is C14H16N2O4. The Kier molecular flexibility index (Phi) is 3.85. The molecule has 3 amide bonds. The molecule has 1 aromatic carbocycles. The lowest BCUT2D eigenvalue weighted by atomic mass is 10.1. The normalized spacial score (nSPS) is 15.2. The number of carbonyl (C=O) groups excluding carboxylic acids is 3. The summed E-state index contributed by atoms with van der Waals surface area (Å²) in [4.78, 5) is 36.7. The maximum absolute atomic E-state index is 12.0. The summed E-state index contributed by atoms with van der Waals surface area (Å²) in [7, 11) is 2.98. The molecule has 0 saturated carbocycles. The maximum atomic E-state index is 12.0. The van der Waals surface area contributed by atoms with Crippen molar-refractivity contribution < 1.29 is 19.1 Å². The van der Waals surface area contributed by atoms with E-state index in [0.29, 0.717) is 17.7 Å². The van der Waals surface area contributed by atoms with Gasteiger partial charge in [-0.05, 0) is 25.1 Å². The Hall–Kier alpha value is -2.21. The molecule has 1 atom stereocenters. The first kappa shape index (κ1) is 14.2. The molecule has 6 heteroatoms. The summed E-state index contributed by atoms with van der Waals surface area (Å²) >= 11 is 0. The second kappa shape index (κ2) is 5.42. The van der Waals surface area contributed by atoms with E-state index >= 15 is 0 Å². The highest BCUT2D eigenvalue weighted by Crippen LogP contribution is 2.22. The summed E-state index contributed by atoms with van der Waals surface area (Å²) in [6.45, 7) is 2.22. The second-order valence-electron chi connectivity index (χ2n) is 4.76. The summed E-state index contributed by atoms with van der Waals surface area (Å²) < 4.78 is 4.94. The van der Waals surface area contributed by atoms with Crippen LogP contribution < -0.4 is 5.32 Å². The Bertz CT molecular complexity index is 583. The molecular weight excluding hydrogens is 260 g/mol. The van der Waals surface area contributed by atoms with E-state index in [1.807, 2.05) is 6.92 Å². The van der Waals surface area contributed by atoms with Gasteiger partial charge in [0.1, 0.15) is 0 Å². The van der Waals surface area contributed by atoms with Gasteiger partial charge in [0, 0.05) is 25.8 Å². The van der Waals surface area contributed by atoms with Crippen molar-refractivity contribution in [1.82, 2.24) is 10.2 Å². The molecule has 1 heterocycles. The van der Waals surface area contributed by atoms with E-state index in [-0.39, 0.29) is 29.3 Å². The van der Waals surface area contributed by atoms with E-state index in [0.717, 1.165) is 4.90 Å². The van der Waals surface area contributed by atoms with Gasteiger partial charge in [-0.15, -0.1) is 0 Å². The number of hydrogen-bond donors (Lipinski definition) is 1. The Labute approximate surface area is 116 Å². The molecule has 1 aromatic rings. The zero-order valence-corrected chi connectivity index (χ0v) is 11.6. The maximum Gasteiger partial charge on any atom is 0.261 e. The quantitative estimate of drug-likeness (QED) is 0.820. The number of nitrogens with one attached hydrogen (secondary N) is 1. The lowest BCUT2D eigenvalue weighted by Crippen LogP contribution is -2.35. The third-order valence-corrected chi connectivity index (χ3v) is 3.15. The fraction of sp³-hybridized carbons (Fsp3) is 0.357. The van der Waals surface area contributed by atoms with Gasteiger partial charge in [-0.3, -0.25) is 19.3 Å². The van der Waals surface area contributed by atoms with Gasteiger partial charge in [0.2, 0.25) is 0 Å². The zero-order chi connectivity index (χ0) is 14.9. The van der Waals surface area contributed by atoms with Gasteiger partial charge < -0.3 is 10.1 Å². The van der Waals surface area contributed by atoms with E-state index in [4.69, 9.17) is 4.74 Å². The number of methoxy groups -OCH3 is 1. The SMILES string of the molecule is COC[C@H](C)NC(=O)c1ccc2c(c1)C(=O)N(C)C2=O. The van der Waals surface area contributed by atoms with Gasteiger partial charge in [0.15, 0.2) is 0 Å². The molecule has 2 rings (SSSR count). The summed E-state index contributed by atoms with van der Waals surface area (Å²) in [5.41, 5.74) is 0.951. The summed E-state index contributed by atoms with van der Waals surface area (Å²) in [5.74, 6) is -1.03. The molecule has 1 aliphatic rings. The highest BCUT2D eigenvalue weighted by Gasteiger charge is 2.33. The van der Waals surface area contributed by atoms with E-state index in [1.165, 1.54) is 25.2 Å². The van der Waals surface area contributed by atoms with Crippen LogP contribution in [0.25, 0.3) is 0 Å². The van der Waals surface area contributed by atoms with Crippen molar-refractivity contribution >= 4 is 17.7 Å². The summed E-state index contributed by atoms with van der Waals surface area (Å²) in [6.07, 6.45) is 0. The molecule has 0 unspecified atom stereocenters.